The Labute approximate surface area is 133 Å². The molecule has 5 rings (SSSR count). The molecule has 3 saturated heterocycles. The molecule has 23 heavy (non-hydrogen) atoms. The number of ether oxygens (including phenoxy) is 1. The Morgan fingerprint density at radius 2 is 1.83 bits per heavy atom. The number of piperidine rings is 3. The largest absolute Gasteiger partial charge is 0.458 e. The lowest BCUT2D eigenvalue weighted by atomic mass is 9.86. The van der Waals surface area contributed by atoms with Gasteiger partial charge < -0.3 is 4.74 Å². The maximum atomic E-state index is 13.8. The van der Waals surface area contributed by atoms with E-state index in [0.717, 1.165) is 38.5 Å². The zero-order valence-electron chi connectivity index (χ0n) is 12.6. The highest BCUT2D eigenvalue weighted by molar-refractivity contribution is 5.62. The molecule has 1 aromatic heterocycles. The second kappa shape index (κ2) is 5.85. The molecule has 3 fully saturated rings. The molecule has 2 aromatic rings. The van der Waals surface area contributed by atoms with E-state index in [1.807, 2.05) is 0 Å². The molecular weight excluding hydrogens is 300 g/mol. The maximum Gasteiger partial charge on any atom is 0.316 e. The van der Waals surface area contributed by atoms with Crippen molar-refractivity contribution < 1.29 is 13.5 Å². The lowest BCUT2D eigenvalue weighted by Gasteiger charge is -2.43. The van der Waals surface area contributed by atoms with Crippen LogP contribution in [0.25, 0.3) is 11.1 Å². The minimum atomic E-state index is -0.887. The lowest BCUT2D eigenvalue weighted by Crippen LogP contribution is -2.52. The number of benzene rings is 1. The minimum absolute atomic E-state index is 0.120. The third kappa shape index (κ3) is 2.79. The summed E-state index contributed by atoms with van der Waals surface area (Å²) in [6.07, 6.45) is 5.37. The van der Waals surface area contributed by atoms with Crippen molar-refractivity contribution in [2.24, 2.45) is 5.92 Å². The molecule has 0 unspecified atom stereocenters. The molecule has 0 N–H and O–H groups in total. The number of fused-ring (bicyclic) bond motifs is 3. The Morgan fingerprint density at radius 3 is 2.48 bits per heavy atom. The van der Waals surface area contributed by atoms with Crippen molar-refractivity contribution in [3.05, 3.63) is 42.2 Å². The fraction of sp³-hybridized carbons (Fsp3) is 0.412. The summed E-state index contributed by atoms with van der Waals surface area (Å²) in [6.45, 7) is 3.20. The van der Waals surface area contributed by atoms with Crippen LogP contribution in [0.5, 0.6) is 6.01 Å². The van der Waals surface area contributed by atoms with Crippen LogP contribution in [0, 0.1) is 17.6 Å². The van der Waals surface area contributed by atoms with Gasteiger partial charge in [-0.3, -0.25) is 4.90 Å². The normalized spacial score (nSPS) is 26.3. The van der Waals surface area contributed by atoms with Crippen molar-refractivity contribution in [2.75, 3.05) is 19.6 Å². The zero-order chi connectivity index (χ0) is 15.8. The van der Waals surface area contributed by atoms with Crippen molar-refractivity contribution in [1.82, 2.24) is 14.9 Å². The van der Waals surface area contributed by atoms with Crippen molar-refractivity contribution in [1.29, 1.82) is 0 Å². The first-order valence-corrected chi connectivity index (χ1v) is 7.86. The zero-order valence-corrected chi connectivity index (χ0v) is 12.6. The van der Waals surface area contributed by atoms with E-state index in [4.69, 9.17) is 4.74 Å². The molecule has 1 atom stereocenters. The molecule has 0 spiro atoms. The smallest absolute Gasteiger partial charge is 0.316 e. The number of halogens is 2. The Bertz CT molecular complexity index is 699. The predicted octanol–water partition coefficient (Wildman–Crippen LogP) is 2.89. The van der Waals surface area contributed by atoms with E-state index in [-0.39, 0.29) is 11.7 Å². The van der Waals surface area contributed by atoms with Gasteiger partial charge in [-0.15, -0.1) is 0 Å². The van der Waals surface area contributed by atoms with E-state index in [0.29, 0.717) is 17.5 Å². The summed E-state index contributed by atoms with van der Waals surface area (Å²) >= 11 is 0. The van der Waals surface area contributed by atoms with Gasteiger partial charge in [0.2, 0.25) is 0 Å². The second-order valence-electron chi connectivity index (χ2n) is 6.15. The first-order valence-electron chi connectivity index (χ1n) is 7.86. The average Bonchev–Trinajstić information content (AvgIpc) is 2.59. The molecule has 4 nitrogen and oxygen atoms in total. The molecule has 6 heteroatoms. The highest BCUT2D eigenvalue weighted by Crippen LogP contribution is 2.30. The Morgan fingerprint density at radius 1 is 1.09 bits per heavy atom. The van der Waals surface area contributed by atoms with Gasteiger partial charge in [-0.05, 0) is 37.9 Å². The van der Waals surface area contributed by atoms with E-state index < -0.39 is 11.6 Å². The maximum absolute atomic E-state index is 13.8. The quantitative estimate of drug-likeness (QED) is 0.872. The van der Waals surface area contributed by atoms with Crippen LogP contribution in [-0.4, -0.2) is 40.6 Å². The first kappa shape index (κ1) is 14.5. The van der Waals surface area contributed by atoms with E-state index in [2.05, 4.69) is 14.9 Å². The topological polar surface area (TPSA) is 38.2 Å². The van der Waals surface area contributed by atoms with Gasteiger partial charge in [-0.2, -0.15) is 0 Å². The number of nitrogens with zero attached hydrogens (tertiary/aromatic N) is 3. The highest BCUT2D eigenvalue weighted by atomic mass is 19.2. The fourth-order valence-electron chi connectivity index (χ4n) is 3.42. The summed E-state index contributed by atoms with van der Waals surface area (Å²) in [6, 6.07) is 4.35. The molecule has 0 amide bonds. The van der Waals surface area contributed by atoms with E-state index in [1.165, 1.54) is 24.5 Å². The first-order chi connectivity index (χ1) is 11.2. The van der Waals surface area contributed by atoms with Gasteiger partial charge in [0.25, 0.3) is 0 Å². The van der Waals surface area contributed by atoms with Crippen LogP contribution in [0.4, 0.5) is 8.78 Å². The molecule has 0 saturated carbocycles. The van der Waals surface area contributed by atoms with Gasteiger partial charge in [-0.1, -0.05) is 12.1 Å². The van der Waals surface area contributed by atoms with Crippen LogP contribution in [0.15, 0.2) is 30.6 Å². The summed E-state index contributed by atoms with van der Waals surface area (Å²) in [4.78, 5) is 10.7. The summed E-state index contributed by atoms with van der Waals surface area (Å²) in [7, 11) is 0. The van der Waals surface area contributed by atoms with Crippen LogP contribution < -0.4 is 4.74 Å². The Hall–Kier alpha value is -2.08. The standard InChI is InChI=1S/C17H17F2N3O/c18-14-3-1-2-13(16(14)19)12-8-20-17(21-9-12)23-15-10-22-6-4-11(15)5-7-22/h1-3,8-9,11,15H,4-7,10H2/t15-/m0/s1. The number of aromatic nitrogens is 2. The number of rotatable bonds is 3. The van der Waals surface area contributed by atoms with E-state index >= 15 is 0 Å². The molecular formula is C17H17F2N3O. The molecule has 3 aliphatic heterocycles. The molecule has 2 bridgehead atoms. The van der Waals surface area contributed by atoms with Crippen molar-refractivity contribution in [3.8, 4) is 17.1 Å². The highest BCUT2D eigenvalue weighted by Gasteiger charge is 2.35. The van der Waals surface area contributed by atoms with Crippen LogP contribution in [0.1, 0.15) is 12.8 Å². The predicted molar refractivity (Wildman–Crippen MR) is 81.0 cm³/mol. The van der Waals surface area contributed by atoms with Gasteiger partial charge in [-0.25, -0.2) is 18.7 Å². The SMILES string of the molecule is Fc1cccc(-c2cnc(O[C@H]3CN4CCC3CC4)nc2)c1F. The minimum Gasteiger partial charge on any atom is -0.458 e. The van der Waals surface area contributed by atoms with E-state index in [1.54, 1.807) is 0 Å². The van der Waals surface area contributed by atoms with Gasteiger partial charge >= 0.3 is 6.01 Å². The van der Waals surface area contributed by atoms with Crippen LogP contribution in [0.3, 0.4) is 0 Å². The monoisotopic (exact) mass is 317 g/mol. The molecule has 120 valence electrons. The number of hydrogen-bond donors (Lipinski definition) is 0. The van der Waals surface area contributed by atoms with Gasteiger partial charge in [0.05, 0.1) is 0 Å². The van der Waals surface area contributed by atoms with E-state index in [9.17, 15) is 8.78 Å². The summed E-state index contributed by atoms with van der Waals surface area (Å²) in [5.41, 5.74) is 0.586. The molecule has 0 radical (unpaired) electrons. The summed E-state index contributed by atoms with van der Waals surface area (Å²) < 4.78 is 33.0. The second-order valence-corrected chi connectivity index (χ2v) is 6.15. The average molecular weight is 317 g/mol. The van der Waals surface area contributed by atoms with Crippen LogP contribution >= 0.6 is 0 Å². The van der Waals surface area contributed by atoms with Crippen molar-refractivity contribution in [3.63, 3.8) is 0 Å². The molecule has 3 aliphatic rings. The number of hydrogen-bond acceptors (Lipinski definition) is 4. The fourth-order valence-corrected chi connectivity index (χ4v) is 3.42. The summed E-state index contributed by atoms with van der Waals surface area (Å²) in [5.74, 6) is -1.21. The molecule has 1 aromatic carbocycles. The van der Waals surface area contributed by atoms with Gasteiger partial charge in [0.15, 0.2) is 11.6 Å². The third-order valence-corrected chi connectivity index (χ3v) is 4.74. The Kier molecular flexibility index (Phi) is 3.69. The van der Waals surface area contributed by atoms with Crippen molar-refractivity contribution in [2.45, 2.75) is 18.9 Å². The molecule has 4 heterocycles. The summed E-state index contributed by atoms with van der Waals surface area (Å²) in [5, 5.41) is 0. The third-order valence-electron chi connectivity index (χ3n) is 4.74. The van der Waals surface area contributed by atoms with Crippen molar-refractivity contribution >= 4 is 0 Å². The van der Waals surface area contributed by atoms with Gasteiger partial charge in [0.1, 0.15) is 6.10 Å². The van der Waals surface area contributed by atoms with Gasteiger partial charge in [0, 0.05) is 30.1 Å². The lowest BCUT2D eigenvalue weighted by molar-refractivity contribution is -0.0123. The van der Waals surface area contributed by atoms with Crippen LogP contribution in [0.2, 0.25) is 0 Å². The van der Waals surface area contributed by atoms with Crippen LogP contribution in [-0.2, 0) is 0 Å². The Balaban J connectivity index is 1.51. The molecule has 0 aliphatic carbocycles.